The fourth-order valence-corrected chi connectivity index (χ4v) is 2.98. The number of carbonyl (C=O) groups excluding carboxylic acids is 2. The summed E-state index contributed by atoms with van der Waals surface area (Å²) in [4.78, 5) is 27.1. The number of halogens is 1. The zero-order valence-corrected chi connectivity index (χ0v) is 18.0. The third-order valence-corrected chi connectivity index (χ3v) is 4.97. The van der Waals surface area contributed by atoms with Crippen LogP contribution in [0.2, 0.25) is 5.02 Å². The Morgan fingerprint density at radius 1 is 1.14 bits per heavy atom. The third kappa shape index (κ3) is 7.09. The Balaban J connectivity index is 2.11. The molecule has 0 aromatic heterocycles. The minimum Gasteiger partial charge on any atom is -0.482 e. The maximum Gasteiger partial charge on any atom is 0.261 e. The molecule has 2 amide bonds. The summed E-state index contributed by atoms with van der Waals surface area (Å²) in [6.07, 6.45) is 1.90. The van der Waals surface area contributed by atoms with Crippen molar-refractivity contribution in [1.29, 1.82) is 0 Å². The molecule has 0 saturated heterocycles. The standard InChI is InChI=1S/C23H29ClN2O3/c1-4-5-14-25-23(28)18(3)26(15-19-12-10-17(2)11-13-19)22(27)16-29-21-9-7-6-8-20(21)24/h6-13,18H,4-5,14-16H2,1-3H3,(H,25,28)/t18-/m1/s1. The van der Waals surface area contributed by atoms with Gasteiger partial charge in [-0.25, -0.2) is 0 Å². The Bertz CT molecular complexity index is 808. The van der Waals surface area contributed by atoms with Crippen LogP contribution in [0.25, 0.3) is 0 Å². The van der Waals surface area contributed by atoms with Crippen LogP contribution < -0.4 is 10.1 Å². The van der Waals surface area contributed by atoms with Gasteiger partial charge in [-0.2, -0.15) is 0 Å². The van der Waals surface area contributed by atoms with Crippen molar-refractivity contribution >= 4 is 23.4 Å². The van der Waals surface area contributed by atoms with E-state index in [1.54, 1.807) is 36.1 Å². The van der Waals surface area contributed by atoms with Crippen LogP contribution in [0.4, 0.5) is 0 Å². The molecule has 29 heavy (non-hydrogen) atoms. The number of hydrogen-bond donors (Lipinski definition) is 1. The molecular weight excluding hydrogens is 388 g/mol. The molecule has 0 fully saturated rings. The molecule has 5 nitrogen and oxygen atoms in total. The first-order chi connectivity index (χ1) is 13.9. The molecule has 0 heterocycles. The normalized spacial score (nSPS) is 11.6. The van der Waals surface area contributed by atoms with E-state index in [0.717, 1.165) is 24.0 Å². The molecule has 6 heteroatoms. The van der Waals surface area contributed by atoms with E-state index in [4.69, 9.17) is 16.3 Å². The van der Waals surface area contributed by atoms with E-state index >= 15 is 0 Å². The lowest BCUT2D eigenvalue weighted by atomic mass is 10.1. The number of benzene rings is 2. The summed E-state index contributed by atoms with van der Waals surface area (Å²) < 4.78 is 5.61. The fraction of sp³-hybridized carbons (Fsp3) is 0.391. The minimum absolute atomic E-state index is 0.170. The highest BCUT2D eigenvalue weighted by Gasteiger charge is 2.26. The average molecular weight is 417 g/mol. The summed E-state index contributed by atoms with van der Waals surface area (Å²) in [5.41, 5.74) is 2.09. The highest BCUT2D eigenvalue weighted by Crippen LogP contribution is 2.23. The second-order valence-corrected chi connectivity index (χ2v) is 7.45. The van der Waals surface area contributed by atoms with Crippen LogP contribution in [0.3, 0.4) is 0 Å². The van der Waals surface area contributed by atoms with Crippen molar-refractivity contribution in [3.8, 4) is 5.75 Å². The number of unbranched alkanes of at least 4 members (excludes halogenated alkanes) is 1. The molecule has 0 aliphatic carbocycles. The third-order valence-electron chi connectivity index (χ3n) is 4.66. The van der Waals surface area contributed by atoms with Gasteiger partial charge in [-0.05, 0) is 38.0 Å². The van der Waals surface area contributed by atoms with Gasteiger partial charge in [0.15, 0.2) is 6.61 Å². The maximum atomic E-state index is 13.0. The Morgan fingerprint density at radius 3 is 2.48 bits per heavy atom. The molecular formula is C23H29ClN2O3. The number of nitrogens with one attached hydrogen (secondary N) is 1. The molecule has 0 spiro atoms. The molecule has 0 aliphatic heterocycles. The van der Waals surface area contributed by atoms with E-state index in [1.807, 2.05) is 31.2 Å². The Hall–Kier alpha value is -2.53. The van der Waals surface area contributed by atoms with Crippen LogP contribution >= 0.6 is 11.6 Å². The fourth-order valence-electron chi connectivity index (χ4n) is 2.79. The summed E-state index contributed by atoms with van der Waals surface area (Å²) in [5, 5.41) is 3.34. The lowest BCUT2D eigenvalue weighted by molar-refractivity contribution is -0.142. The van der Waals surface area contributed by atoms with E-state index in [1.165, 1.54) is 0 Å². The monoisotopic (exact) mass is 416 g/mol. The van der Waals surface area contributed by atoms with Gasteiger partial charge < -0.3 is 15.0 Å². The second kappa shape index (κ2) is 11.5. The van der Waals surface area contributed by atoms with Gasteiger partial charge in [-0.15, -0.1) is 0 Å². The number of amides is 2. The summed E-state index contributed by atoms with van der Waals surface area (Å²) >= 11 is 6.10. The van der Waals surface area contributed by atoms with Crippen LogP contribution in [0.15, 0.2) is 48.5 Å². The van der Waals surface area contributed by atoms with Crippen molar-refractivity contribution in [2.45, 2.75) is 46.2 Å². The van der Waals surface area contributed by atoms with Gasteiger partial charge >= 0.3 is 0 Å². The van der Waals surface area contributed by atoms with Crippen molar-refractivity contribution < 1.29 is 14.3 Å². The predicted molar refractivity (Wildman–Crippen MR) is 116 cm³/mol. The van der Waals surface area contributed by atoms with E-state index < -0.39 is 6.04 Å². The number of para-hydroxylation sites is 1. The van der Waals surface area contributed by atoms with Crippen LogP contribution in [-0.4, -0.2) is 35.9 Å². The zero-order valence-electron chi connectivity index (χ0n) is 17.3. The van der Waals surface area contributed by atoms with Gasteiger partial charge in [0, 0.05) is 13.1 Å². The molecule has 2 aromatic carbocycles. The largest absolute Gasteiger partial charge is 0.482 e. The van der Waals surface area contributed by atoms with Crippen molar-refractivity contribution in [3.05, 3.63) is 64.7 Å². The maximum absolute atomic E-state index is 13.0. The molecule has 156 valence electrons. The summed E-state index contributed by atoms with van der Waals surface area (Å²) in [5.74, 6) is -0.00172. The van der Waals surface area contributed by atoms with Gasteiger partial charge in [0.1, 0.15) is 11.8 Å². The SMILES string of the molecule is CCCCNC(=O)[C@@H](C)N(Cc1ccc(C)cc1)C(=O)COc1ccccc1Cl. The van der Waals surface area contributed by atoms with Gasteiger partial charge in [0.05, 0.1) is 5.02 Å². The first kappa shape index (κ1) is 22.8. The summed E-state index contributed by atoms with van der Waals surface area (Å²) in [6.45, 7) is 6.55. The van der Waals surface area contributed by atoms with Crippen LogP contribution in [0.1, 0.15) is 37.8 Å². The highest BCUT2D eigenvalue weighted by molar-refractivity contribution is 6.32. The number of rotatable bonds is 10. The molecule has 2 aromatic rings. The van der Waals surface area contributed by atoms with Gasteiger partial charge in [-0.1, -0.05) is 66.9 Å². The lowest BCUT2D eigenvalue weighted by Gasteiger charge is -2.29. The number of ether oxygens (including phenoxy) is 1. The van der Waals surface area contributed by atoms with Crippen molar-refractivity contribution in [2.24, 2.45) is 0 Å². The van der Waals surface area contributed by atoms with E-state index in [9.17, 15) is 9.59 Å². The predicted octanol–water partition coefficient (Wildman–Crippen LogP) is 4.36. The molecule has 0 saturated carbocycles. The van der Waals surface area contributed by atoms with Gasteiger partial charge in [0.2, 0.25) is 5.91 Å². The van der Waals surface area contributed by atoms with Crippen LogP contribution in [0.5, 0.6) is 5.75 Å². The van der Waals surface area contributed by atoms with Gasteiger partial charge in [-0.3, -0.25) is 9.59 Å². The van der Waals surface area contributed by atoms with Gasteiger partial charge in [0.25, 0.3) is 5.91 Å². The van der Waals surface area contributed by atoms with Crippen LogP contribution in [-0.2, 0) is 16.1 Å². The number of carbonyl (C=O) groups is 2. The van der Waals surface area contributed by atoms with Crippen molar-refractivity contribution in [3.63, 3.8) is 0 Å². The van der Waals surface area contributed by atoms with Crippen molar-refractivity contribution in [1.82, 2.24) is 10.2 Å². The zero-order chi connectivity index (χ0) is 21.2. The van der Waals surface area contributed by atoms with E-state index in [0.29, 0.717) is 23.9 Å². The lowest BCUT2D eigenvalue weighted by Crippen LogP contribution is -2.49. The topological polar surface area (TPSA) is 58.6 Å². The number of aryl methyl sites for hydroxylation is 1. The second-order valence-electron chi connectivity index (χ2n) is 7.05. The Morgan fingerprint density at radius 2 is 1.83 bits per heavy atom. The van der Waals surface area contributed by atoms with E-state index in [2.05, 4.69) is 12.2 Å². The first-order valence-corrected chi connectivity index (χ1v) is 10.3. The quantitative estimate of drug-likeness (QED) is 0.585. The number of nitrogens with zero attached hydrogens (tertiary/aromatic N) is 1. The smallest absolute Gasteiger partial charge is 0.261 e. The minimum atomic E-state index is -0.615. The van der Waals surface area contributed by atoms with Crippen LogP contribution in [0, 0.1) is 6.92 Å². The number of hydrogen-bond acceptors (Lipinski definition) is 3. The first-order valence-electron chi connectivity index (χ1n) is 9.92. The van der Waals surface area contributed by atoms with E-state index in [-0.39, 0.29) is 18.4 Å². The molecule has 2 rings (SSSR count). The summed E-state index contributed by atoms with van der Waals surface area (Å²) in [7, 11) is 0. The molecule has 0 aliphatic rings. The highest BCUT2D eigenvalue weighted by atomic mass is 35.5. The molecule has 0 unspecified atom stereocenters. The molecule has 0 radical (unpaired) electrons. The molecule has 0 bridgehead atoms. The Kier molecular flexibility index (Phi) is 9.00. The molecule has 1 N–H and O–H groups in total. The Labute approximate surface area is 178 Å². The average Bonchev–Trinajstić information content (AvgIpc) is 2.72. The summed E-state index contributed by atoms with van der Waals surface area (Å²) in [6, 6.07) is 14.3. The molecule has 1 atom stereocenters. The van der Waals surface area contributed by atoms with Crippen molar-refractivity contribution in [2.75, 3.05) is 13.2 Å².